The number of nitrogens with zero attached hydrogens (tertiary/aromatic N) is 1. The predicted octanol–water partition coefficient (Wildman–Crippen LogP) is 6.31. The van der Waals surface area contributed by atoms with Crippen molar-refractivity contribution < 1.29 is 9.53 Å². The van der Waals surface area contributed by atoms with Crippen molar-refractivity contribution >= 4 is 35.1 Å². The number of ketones is 1. The van der Waals surface area contributed by atoms with Crippen molar-refractivity contribution in [3.8, 4) is 11.4 Å². The Kier molecular flexibility index (Phi) is 5.73. The molecule has 0 N–H and O–H groups in total. The van der Waals surface area contributed by atoms with E-state index < -0.39 is 0 Å². The molecule has 0 bridgehead atoms. The van der Waals surface area contributed by atoms with Gasteiger partial charge in [0.05, 0.1) is 17.8 Å². The van der Waals surface area contributed by atoms with E-state index in [0.29, 0.717) is 15.6 Å². The summed E-state index contributed by atoms with van der Waals surface area (Å²) in [5, 5.41) is 1.17. The molecule has 0 saturated carbocycles. The van der Waals surface area contributed by atoms with Crippen LogP contribution in [0.25, 0.3) is 11.8 Å². The van der Waals surface area contributed by atoms with Crippen LogP contribution in [0.5, 0.6) is 5.75 Å². The highest BCUT2D eigenvalue weighted by molar-refractivity contribution is 6.35. The SMILES string of the molecule is COc1ccc(C(=O)/C=C/c2cc(C)n(-c3ccc(Cl)cc3Cl)c2C)cc1. The van der Waals surface area contributed by atoms with Crippen molar-refractivity contribution in [1.29, 1.82) is 0 Å². The maximum atomic E-state index is 12.4. The predicted molar refractivity (Wildman–Crippen MR) is 112 cm³/mol. The molecule has 138 valence electrons. The highest BCUT2D eigenvalue weighted by atomic mass is 35.5. The van der Waals surface area contributed by atoms with E-state index in [-0.39, 0.29) is 5.78 Å². The average Bonchev–Trinajstić information content (AvgIpc) is 2.94. The van der Waals surface area contributed by atoms with Crippen LogP contribution in [0.15, 0.2) is 54.6 Å². The van der Waals surface area contributed by atoms with Crippen LogP contribution in [0.2, 0.25) is 10.0 Å². The molecule has 1 heterocycles. The first-order valence-corrected chi connectivity index (χ1v) is 9.17. The molecular weight excluding hydrogens is 381 g/mol. The molecule has 5 heteroatoms. The smallest absolute Gasteiger partial charge is 0.185 e. The average molecular weight is 400 g/mol. The third-order valence-electron chi connectivity index (χ3n) is 4.41. The van der Waals surface area contributed by atoms with Gasteiger partial charge >= 0.3 is 0 Å². The molecule has 3 rings (SSSR count). The summed E-state index contributed by atoms with van der Waals surface area (Å²) < 4.78 is 7.17. The van der Waals surface area contributed by atoms with Gasteiger partial charge in [0.15, 0.2) is 5.78 Å². The number of carbonyl (C=O) groups excluding carboxylic acids is 1. The Hall–Kier alpha value is -2.49. The van der Waals surface area contributed by atoms with E-state index in [1.165, 1.54) is 0 Å². The Morgan fingerprint density at radius 3 is 2.37 bits per heavy atom. The molecule has 3 aromatic rings. The van der Waals surface area contributed by atoms with Crippen LogP contribution in [-0.4, -0.2) is 17.5 Å². The first-order chi connectivity index (χ1) is 12.9. The molecular formula is C22H19Cl2NO2. The van der Waals surface area contributed by atoms with Gasteiger partial charge in [0.1, 0.15) is 5.75 Å². The Labute approximate surface area is 168 Å². The van der Waals surface area contributed by atoms with Crippen molar-refractivity contribution in [1.82, 2.24) is 4.57 Å². The lowest BCUT2D eigenvalue weighted by molar-refractivity contribution is 0.104. The number of aromatic nitrogens is 1. The molecule has 2 aromatic carbocycles. The molecule has 27 heavy (non-hydrogen) atoms. The van der Waals surface area contributed by atoms with Crippen LogP contribution < -0.4 is 4.74 Å². The van der Waals surface area contributed by atoms with Gasteiger partial charge in [-0.25, -0.2) is 0 Å². The Morgan fingerprint density at radius 1 is 1.04 bits per heavy atom. The second kappa shape index (κ2) is 8.03. The maximum Gasteiger partial charge on any atom is 0.185 e. The number of benzene rings is 2. The summed E-state index contributed by atoms with van der Waals surface area (Å²) in [6.07, 6.45) is 3.41. The highest BCUT2D eigenvalue weighted by Crippen LogP contribution is 2.29. The molecule has 0 radical (unpaired) electrons. The van der Waals surface area contributed by atoms with Crippen molar-refractivity contribution in [3.63, 3.8) is 0 Å². The number of hydrogen-bond donors (Lipinski definition) is 0. The van der Waals surface area contributed by atoms with E-state index in [2.05, 4.69) is 4.57 Å². The van der Waals surface area contributed by atoms with E-state index in [1.807, 2.05) is 38.1 Å². The molecule has 0 aliphatic rings. The molecule has 0 fully saturated rings. The molecule has 0 aliphatic heterocycles. The number of ether oxygens (including phenoxy) is 1. The normalized spacial score (nSPS) is 11.1. The monoisotopic (exact) mass is 399 g/mol. The van der Waals surface area contributed by atoms with Crippen molar-refractivity contribution in [2.24, 2.45) is 0 Å². The summed E-state index contributed by atoms with van der Waals surface area (Å²) in [7, 11) is 1.60. The lowest BCUT2D eigenvalue weighted by Crippen LogP contribution is -2.00. The van der Waals surface area contributed by atoms with E-state index in [9.17, 15) is 4.79 Å². The summed E-state index contributed by atoms with van der Waals surface area (Å²) in [6.45, 7) is 4.00. The highest BCUT2D eigenvalue weighted by Gasteiger charge is 2.12. The van der Waals surface area contributed by atoms with Gasteiger partial charge in [-0.1, -0.05) is 23.2 Å². The fourth-order valence-electron chi connectivity index (χ4n) is 3.01. The molecule has 0 atom stereocenters. The number of allylic oxidation sites excluding steroid dienone is 1. The first-order valence-electron chi connectivity index (χ1n) is 8.41. The number of aryl methyl sites for hydroxylation is 1. The zero-order valence-corrected chi connectivity index (χ0v) is 16.8. The first kappa shape index (κ1) is 19.3. The lowest BCUT2D eigenvalue weighted by atomic mass is 10.1. The van der Waals surface area contributed by atoms with Gasteiger partial charge in [-0.2, -0.15) is 0 Å². The molecule has 0 spiro atoms. The van der Waals surface area contributed by atoms with Crippen LogP contribution in [0, 0.1) is 13.8 Å². The summed E-state index contributed by atoms with van der Waals surface area (Å²) >= 11 is 12.4. The zero-order valence-electron chi connectivity index (χ0n) is 15.3. The fraction of sp³-hybridized carbons (Fsp3) is 0.136. The minimum atomic E-state index is -0.0630. The van der Waals surface area contributed by atoms with E-state index in [0.717, 1.165) is 28.4 Å². The van der Waals surface area contributed by atoms with Crippen LogP contribution in [0.4, 0.5) is 0 Å². The minimum Gasteiger partial charge on any atom is -0.497 e. The third-order valence-corrected chi connectivity index (χ3v) is 4.95. The van der Waals surface area contributed by atoms with E-state index in [1.54, 1.807) is 43.5 Å². The third kappa shape index (κ3) is 4.10. The molecule has 0 aliphatic carbocycles. The standard InChI is InChI=1S/C22H19Cl2NO2/c1-14-12-17(6-11-22(26)16-4-8-19(27-3)9-5-16)15(2)25(14)21-10-7-18(23)13-20(21)24/h4-13H,1-3H3/b11-6+. The number of hydrogen-bond acceptors (Lipinski definition) is 2. The molecule has 0 amide bonds. The van der Waals surface area contributed by atoms with Crippen LogP contribution in [-0.2, 0) is 0 Å². The van der Waals surface area contributed by atoms with Crippen molar-refractivity contribution in [2.45, 2.75) is 13.8 Å². The van der Waals surface area contributed by atoms with Crippen LogP contribution in [0.3, 0.4) is 0 Å². The Balaban J connectivity index is 1.89. The van der Waals surface area contributed by atoms with Gasteiger partial charge in [-0.05, 0) is 80.1 Å². The van der Waals surface area contributed by atoms with Crippen LogP contribution >= 0.6 is 23.2 Å². The number of carbonyl (C=O) groups is 1. The number of halogens is 2. The van der Waals surface area contributed by atoms with E-state index in [4.69, 9.17) is 27.9 Å². The second-order valence-electron chi connectivity index (χ2n) is 6.18. The van der Waals surface area contributed by atoms with Gasteiger partial charge < -0.3 is 9.30 Å². The van der Waals surface area contributed by atoms with Gasteiger partial charge in [-0.3, -0.25) is 4.79 Å². The lowest BCUT2D eigenvalue weighted by Gasteiger charge is -2.11. The largest absolute Gasteiger partial charge is 0.497 e. The van der Waals surface area contributed by atoms with Gasteiger partial charge in [-0.15, -0.1) is 0 Å². The van der Waals surface area contributed by atoms with Gasteiger partial charge in [0.2, 0.25) is 0 Å². The number of methoxy groups -OCH3 is 1. The Morgan fingerprint density at radius 2 is 1.74 bits per heavy atom. The summed E-state index contributed by atoms with van der Waals surface area (Å²) in [6, 6.07) is 14.5. The summed E-state index contributed by atoms with van der Waals surface area (Å²) in [5.74, 6) is 0.658. The van der Waals surface area contributed by atoms with Gasteiger partial charge in [0.25, 0.3) is 0 Å². The molecule has 3 nitrogen and oxygen atoms in total. The zero-order chi connectivity index (χ0) is 19.6. The molecule has 1 aromatic heterocycles. The maximum absolute atomic E-state index is 12.4. The molecule has 0 saturated heterocycles. The fourth-order valence-corrected chi connectivity index (χ4v) is 3.50. The number of rotatable bonds is 5. The summed E-state index contributed by atoms with van der Waals surface area (Å²) in [5.41, 5.74) is 4.45. The summed E-state index contributed by atoms with van der Waals surface area (Å²) in [4.78, 5) is 12.4. The van der Waals surface area contributed by atoms with Crippen molar-refractivity contribution in [2.75, 3.05) is 7.11 Å². The Bertz CT molecular complexity index is 1020. The quantitative estimate of drug-likeness (QED) is 0.371. The van der Waals surface area contributed by atoms with E-state index >= 15 is 0 Å². The topological polar surface area (TPSA) is 31.2 Å². The molecule has 0 unspecified atom stereocenters. The second-order valence-corrected chi connectivity index (χ2v) is 7.03. The van der Waals surface area contributed by atoms with Crippen LogP contribution in [0.1, 0.15) is 27.3 Å². The van der Waals surface area contributed by atoms with Gasteiger partial charge in [0, 0.05) is 22.0 Å². The van der Waals surface area contributed by atoms with Crippen molar-refractivity contribution in [3.05, 3.63) is 87.2 Å². The minimum absolute atomic E-state index is 0.0630.